The minimum absolute atomic E-state index is 0.122. The van der Waals surface area contributed by atoms with Gasteiger partial charge in [0, 0.05) is 18.2 Å². The molecule has 0 unspecified atom stereocenters. The summed E-state index contributed by atoms with van der Waals surface area (Å²) in [6.07, 6.45) is 5.14. The Morgan fingerprint density at radius 3 is 2.64 bits per heavy atom. The lowest BCUT2D eigenvalue weighted by molar-refractivity contribution is 0.0914. The van der Waals surface area contributed by atoms with E-state index in [1.165, 1.54) is 31.7 Å². The van der Waals surface area contributed by atoms with Gasteiger partial charge in [-0.3, -0.25) is 4.79 Å². The fourth-order valence-electron chi connectivity index (χ4n) is 4.58. The molecule has 1 amide bonds. The normalized spacial score (nSPS) is 26.6. The van der Waals surface area contributed by atoms with Crippen LogP contribution in [0.4, 0.5) is 0 Å². The van der Waals surface area contributed by atoms with Crippen LogP contribution in [0.5, 0.6) is 0 Å². The van der Waals surface area contributed by atoms with Crippen LogP contribution in [0.1, 0.15) is 55.5 Å². The van der Waals surface area contributed by atoms with Crippen molar-refractivity contribution < 1.29 is 13.2 Å². The molecular formula is C19H28N2O3S. The van der Waals surface area contributed by atoms with Gasteiger partial charge in [-0.15, -0.1) is 0 Å². The number of nitrogens with one attached hydrogen (secondary N) is 2. The predicted molar refractivity (Wildman–Crippen MR) is 97.9 cm³/mol. The molecule has 2 aliphatic carbocycles. The molecule has 0 spiro atoms. The maximum atomic E-state index is 12.7. The van der Waals surface area contributed by atoms with Gasteiger partial charge in [0.1, 0.15) is 0 Å². The summed E-state index contributed by atoms with van der Waals surface area (Å²) in [5.74, 6) is 1.95. The molecular weight excluding hydrogens is 336 g/mol. The summed E-state index contributed by atoms with van der Waals surface area (Å²) in [4.78, 5) is 12.9. The molecule has 3 rings (SSSR count). The predicted octanol–water partition coefficient (Wildman–Crippen LogP) is 2.85. The molecule has 2 saturated carbocycles. The van der Waals surface area contributed by atoms with Crippen LogP contribution in [-0.4, -0.2) is 26.9 Å². The third-order valence-corrected chi connectivity index (χ3v) is 7.44. The van der Waals surface area contributed by atoms with E-state index in [4.69, 9.17) is 0 Å². The van der Waals surface area contributed by atoms with Gasteiger partial charge in [-0.05, 0) is 68.6 Å². The van der Waals surface area contributed by atoms with Gasteiger partial charge in [0.2, 0.25) is 10.0 Å². The molecule has 2 aliphatic rings. The molecule has 0 aromatic heterocycles. The molecule has 1 aromatic carbocycles. The highest BCUT2D eigenvalue weighted by molar-refractivity contribution is 7.89. The standard InChI is InChI=1S/C19H28N2O3S/c1-4-20-25(23,24)16-8-5-12(2)17(11-16)19(22)21-13(3)18-10-14-6-7-15(18)9-14/h5,8,11,13-15,18,20H,4,6-7,9-10H2,1-3H3,(H,21,22)/t13-,14-,15-,18-/m1/s1. The van der Waals surface area contributed by atoms with E-state index in [1.807, 2.05) is 6.92 Å². The summed E-state index contributed by atoms with van der Waals surface area (Å²) in [5, 5.41) is 3.12. The largest absolute Gasteiger partial charge is 0.349 e. The summed E-state index contributed by atoms with van der Waals surface area (Å²) < 4.78 is 26.9. The van der Waals surface area contributed by atoms with Gasteiger partial charge in [-0.1, -0.05) is 19.4 Å². The smallest absolute Gasteiger partial charge is 0.251 e. The van der Waals surface area contributed by atoms with Crippen molar-refractivity contribution >= 4 is 15.9 Å². The Morgan fingerprint density at radius 2 is 2.04 bits per heavy atom. The van der Waals surface area contributed by atoms with E-state index < -0.39 is 10.0 Å². The lowest BCUT2D eigenvalue weighted by Crippen LogP contribution is -2.40. The Morgan fingerprint density at radius 1 is 1.28 bits per heavy atom. The highest BCUT2D eigenvalue weighted by atomic mass is 32.2. The van der Waals surface area contributed by atoms with Gasteiger partial charge < -0.3 is 5.32 Å². The first kappa shape index (κ1) is 18.4. The second kappa shape index (κ2) is 7.08. The van der Waals surface area contributed by atoms with Crippen molar-refractivity contribution in [2.45, 2.75) is 57.4 Å². The number of carbonyl (C=O) groups is 1. The van der Waals surface area contributed by atoms with Crippen LogP contribution in [0.3, 0.4) is 0 Å². The summed E-state index contributed by atoms with van der Waals surface area (Å²) in [5.41, 5.74) is 1.22. The van der Waals surface area contributed by atoms with Crippen molar-refractivity contribution in [3.8, 4) is 0 Å². The highest BCUT2D eigenvalue weighted by Crippen LogP contribution is 2.49. The SMILES string of the molecule is CCNS(=O)(=O)c1ccc(C)c(C(=O)N[C@H](C)[C@H]2C[C@@H]3CC[C@@H]2C3)c1. The Hall–Kier alpha value is -1.40. The minimum Gasteiger partial charge on any atom is -0.349 e. The van der Waals surface area contributed by atoms with Gasteiger partial charge in [-0.2, -0.15) is 0 Å². The molecule has 6 heteroatoms. The third kappa shape index (κ3) is 3.75. The zero-order chi connectivity index (χ0) is 18.2. The first-order valence-corrected chi connectivity index (χ1v) is 10.7. The maximum Gasteiger partial charge on any atom is 0.251 e. The molecule has 2 bridgehead atoms. The Bertz CT molecular complexity index is 760. The first-order valence-electron chi connectivity index (χ1n) is 9.23. The molecule has 0 aliphatic heterocycles. The van der Waals surface area contributed by atoms with Crippen LogP contribution in [0.25, 0.3) is 0 Å². The summed E-state index contributed by atoms with van der Waals surface area (Å²) >= 11 is 0. The van der Waals surface area contributed by atoms with Crippen LogP contribution in [0.2, 0.25) is 0 Å². The summed E-state index contributed by atoms with van der Waals surface area (Å²) in [6, 6.07) is 4.84. The lowest BCUT2D eigenvalue weighted by atomic mass is 9.84. The van der Waals surface area contributed by atoms with Crippen molar-refractivity contribution in [3.63, 3.8) is 0 Å². The van der Waals surface area contributed by atoms with Gasteiger partial charge in [-0.25, -0.2) is 13.1 Å². The Kier molecular flexibility index (Phi) is 5.21. The van der Waals surface area contributed by atoms with E-state index in [1.54, 1.807) is 19.1 Å². The number of hydrogen-bond donors (Lipinski definition) is 2. The average molecular weight is 365 g/mol. The fraction of sp³-hybridized carbons (Fsp3) is 0.632. The Labute approximate surface area is 150 Å². The van der Waals surface area contributed by atoms with Crippen molar-refractivity contribution in [2.24, 2.45) is 17.8 Å². The van der Waals surface area contributed by atoms with E-state index in [0.29, 0.717) is 18.0 Å². The number of amides is 1. The monoisotopic (exact) mass is 364 g/mol. The van der Waals surface area contributed by atoms with Crippen molar-refractivity contribution in [1.29, 1.82) is 0 Å². The van der Waals surface area contributed by atoms with E-state index in [0.717, 1.165) is 17.4 Å². The molecule has 1 aromatic rings. The van der Waals surface area contributed by atoms with Gasteiger partial charge in [0.05, 0.1) is 4.90 Å². The second-order valence-corrected chi connectivity index (χ2v) is 9.35. The third-order valence-electron chi connectivity index (χ3n) is 5.89. The molecule has 4 atom stereocenters. The molecule has 2 fully saturated rings. The van der Waals surface area contributed by atoms with E-state index >= 15 is 0 Å². The molecule has 0 saturated heterocycles. The zero-order valence-electron chi connectivity index (χ0n) is 15.2. The topological polar surface area (TPSA) is 75.3 Å². The minimum atomic E-state index is -3.56. The van der Waals surface area contributed by atoms with E-state index in [9.17, 15) is 13.2 Å². The van der Waals surface area contributed by atoms with Gasteiger partial charge in [0.15, 0.2) is 0 Å². The highest BCUT2D eigenvalue weighted by Gasteiger charge is 2.42. The number of benzene rings is 1. The number of aryl methyl sites for hydroxylation is 1. The zero-order valence-corrected chi connectivity index (χ0v) is 16.0. The number of sulfonamides is 1. The number of fused-ring (bicyclic) bond motifs is 2. The van der Waals surface area contributed by atoms with E-state index in [-0.39, 0.29) is 16.8 Å². The molecule has 25 heavy (non-hydrogen) atoms. The van der Waals surface area contributed by atoms with Crippen LogP contribution < -0.4 is 10.0 Å². The molecule has 0 heterocycles. The quantitative estimate of drug-likeness (QED) is 0.815. The molecule has 5 nitrogen and oxygen atoms in total. The number of carbonyl (C=O) groups excluding carboxylic acids is 1. The first-order chi connectivity index (χ1) is 11.8. The van der Waals surface area contributed by atoms with Crippen LogP contribution >= 0.6 is 0 Å². The molecule has 138 valence electrons. The van der Waals surface area contributed by atoms with Crippen LogP contribution in [-0.2, 0) is 10.0 Å². The second-order valence-electron chi connectivity index (χ2n) is 7.58. The summed E-state index contributed by atoms with van der Waals surface area (Å²) in [6.45, 7) is 5.97. The van der Waals surface area contributed by atoms with Crippen LogP contribution in [0, 0.1) is 24.7 Å². The molecule has 2 N–H and O–H groups in total. The summed E-state index contributed by atoms with van der Waals surface area (Å²) in [7, 11) is -3.56. The number of rotatable bonds is 6. The van der Waals surface area contributed by atoms with Crippen LogP contribution in [0.15, 0.2) is 23.1 Å². The molecule has 0 radical (unpaired) electrons. The lowest BCUT2D eigenvalue weighted by Gasteiger charge is -2.28. The number of hydrogen-bond acceptors (Lipinski definition) is 3. The van der Waals surface area contributed by atoms with Crippen molar-refractivity contribution in [1.82, 2.24) is 10.0 Å². The average Bonchev–Trinajstić information content (AvgIpc) is 3.18. The van der Waals surface area contributed by atoms with E-state index in [2.05, 4.69) is 17.0 Å². The van der Waals surface area contributed by atoms with Crippen molar-refractivity contribution in [3.05, 3.63) is 29.3 Å². The van der Waals surface area contributed by atoms with Crippen molar-refractivity contribution in [2.75, 3.05) is 6.54 Å². The van der Waals surface area contributed by atoms with Gasteiger partial charge in [0.25, 0.3) is 5.91 Å². The maximum absolute atomic E-state index is 12.7. The fourth-order valence-corrected chi connectivity index (χ4v) is 5.65. The van der Waals surface area contributed by atoms with Gasteiger partial charge >= 0.3 is 0 Å². The Balaban J connectivity index is 1.75.